The maximum atomic E-state index is 3.35. The van der Waals surface area contributed by atoms with Crippen molar-refractivity contribution in [1.29, 1.82) is 0 Å². The Kier molecular flexibility index (Phi) is 2.69. The minimum absolute atomic E-state index is 1.06. The van der Waals surface area contributed by atoms with Crippen molar-refractivity contribution in [3.63, 3.8) is 0 Å². The second kappa shape index (κ2) is 3.97. The molecular weight excluding hydrogens is 170 g/mol. The van der Waals surface area contributed by atoms with Gasteiger partial charge in [-0.3, -0.25) is 0 Å². The van der Waals surface area contributed by atoms with Crippen LogP contribution in [0, 0.1) is 13.8 Å². The molecule has 2 rings (SSSR count). The lowest BCUT2D eigenvalue weighted by molar-refractivity contribution is 0.862. The third kappa shape index (κ3) is 2.24. The van der Waals surface area contributed by atoms with Gasteiger partial charge >= 0.3 is 0 Å². The Balaban J connectivity index is 2.27. The van der Waals surface area contributed by atoms with E-state index in [1.807, 2.05) is 0 Å². The molecule has 1 N–H and O–H groups in total. The van der Waals surface area contributed by atoms with Gasteiger partial charge in [-0.15, -0.1) is 0 Å². The van der Waals surface area contributed by atoms with Gasteiger partial charge in [0.05, 0.1) is 0 Å². The van der Waals surface area contributed by atoms with E-state index in [2.05, 4.69) is 43.4 Å². The van der Waals surface area contributed by atoms with Crippen molar-refractivity contribution in [3.05, 3.63) is 40.5 Å². The molecule has 1 aliphatic heterocycles. The second-order valence-corrected chi connectivity index (χ2v) is 4.15. The quantitative estimate of drug-likeness (QED) is 0.712. The monoisotopic (exact) mass is 187 g/mol. The van der Waals surface area contributed by atoms with Crippen LogP contribution in [0.4, 0.5) is 0 Å². The summed E-state index contributed by atoms with van der Waals surface area (Å²) < 4.78 is 0. The molecule has 14 heavy (non-hydrogen) atoms. The van der Waals surface area contributed by atoms with Crippen molar-refractivity contribution in [2.24, 2.45) is 0 Å². The Bertz CT molecular complexity index is 335. The van der Waals surface area contributed by atoms with Gasteiger partial charge in [0.25, 0.3) is 0 Å². The fourth-order valence-corrected chi connectivity index (χ4v) is 2.04. The molecule has 0 bridgehead atoms. The number of benzene rings is 1. The molecule has 0 spiro atoms. The van der Waals surface area contributed by atoms with Crippen LogP contribution >= 0.6 is 0 Å². The van der Waals surface area contributed by atoms with Gasteiger partial charge in [-0.1, -0.05) is 41.0 Å². The Morgan fingerprint density at radius 3 is 2.43 bits per heavy atom. The highest BCUT2D eigenvalue weighted by atomic mass is 14.9. The summed E-state index contributed by atoms with van der Waals surface area (Å²) in [5.41, 5.74) is 5.57. The van der Waals surface area contributed by atoms with E-state index < -0.39 is 0 Å². The highest BCUT2D eigenvalue weighted by Gasteiger charge is 2.05. The third-order valence-corrected chi connectivity index (χ3v) is 2.59. The van der Waals surface area contributed by atoms with E-state index in [-0.39, 0.29) is 0 Å². The first-order chi connectivity index (χ1) is 6.74. The summed E-state index contributed by atoms with van der Waals surface area (Å²) in [5.74, 6) is 0. The molecule has 1 aromatic carbocycles. The van der Waals surface area contributed by atoms with Gasteiger partial charge in [-0.05, 0) is 32.4 Å². The van der Waals surface area contributed by atoms with Crippen molar-refractivity contribution in [1.82, 2.24) is 5.32 Å². The van der Waals surface area contributed by atoms with Gasteiger partial charge in [-0.2, -0.15) is 0 Å². The standard InChI is InChI=1S/C13H17N/c1-10-5-11(2)7-13(6-10)8-12-3-4-14-9-12/h5-8,14H,3-4,9H2,1-2H3. The Labute approximate surface area is 85.8 Å². The Morgan fingerprint density at radius 2 is 1.86 bits per heavy atom. The van der Waals surface area contributed by atoms with E-state index in [4.69, 9.17) is 0 Å². The molecule has 1 heterocycles. The molecular formula is C13H17N. The van der Waals surface area contributed by atoms with Crippen LogP contribution in [-0.2, 0) is 0 Å². The predicted molar refractivity (Wildman–Crippen MR) is 61.4 cm³/mol. The van der Waals surface area contributed by atoms with Crippen LogP contribution in [0.5, 0.6) is 0 Å². The highest BCUT2D eigenvalue weighted by Crippen LogP contribution is 2.15. The molecule has 0 aliphatic carbocycles. The van der Waals surface area contributed by atoms with Gasteiger partial charge in [0.2, 0.25) is 0 Å². The second-order valence-electron chi connectivity index (χ2n) is 4.15. The van der Waals surface area contributed by atoms with Gasteiger partial charge in [0.15, 0.2) is 0 Å². The topological polar surface area (TPSA) is 12.0 Å². The summed E-state index contributed by atoms with van der Waals surface area (Å²) in [6, 6.07) is 6.71. The molecule has 0 amide bonds. The van der Waals surface area contributed by atoms with Gasteiger partial charge in [0.1, 0.15) is 0 Å². The zero-order valence-corrected chi connectivity index (χ0v) is 8.93. The maximum Gasteiger partial charge on any atom is 0.0168 e. The Hall–Kier alpha value is -1.08. The molecule has 0 unspecified atom stereocenters. The molecule has 1 heteroatoms. The third-order valence-electron chi connectivity index (χ3n) is 2.59. The summed E-state index contributed by atoms with van der Waals surface area (Å²) >= 11 is 0. The number of hydrogen-bond acceptors (Lipinski definition) is 1. The number of hydrogen-bond donors (Lipinski definition) is 1. The van der Waals surface area contributed by atoms with Crippen LogP contribution in [-0.4, -0.2) is 13.1 Å². The molecule has 1 nitrogen and oxygen atoms in total. The summed E-state index contributed by atoms with van der Waals surface area (Å²) in [6.45, 7) is 6.51. The number of nitrogens with one attached hydrogen (secondary N) is 1. The highest BCUT2D eigenvalue weighted by molar-refractivity contribution is 5.55. The first-order valence-corrected chi connectivity index (χ1v) is 5.22. The van der Waals surface area contributed by atoms with E-state index in [0.29, 0.717) is 0 Å². The zero-order valence-electron chi connectivity index (χ0n) is 8.93. The molecule has 74 valence electrons. The number of aryl methyl sites for hydroxylation is 2. The summed E-state index contributed by atoms with van der Waals surface area (Å²) in [6.07, 6.45) is 3.52. The Morgan fingerprint density at radius 1 is 1.14 bits per heavy atom. The van der Waals surface area contributed by atoms with Crippen LogP contribution in [0.15, 0.2) is 23.8 Å². The molecule has 1 aromatic rings. The average Bonchev–Trinajstić information content (AvgIpc) is 2.54. The van der Waals surface area contributed by atoms with Crippen LogP contribution < -0.4 is 5.32 Å². The minimum atomic E-state index is 1.06. The molecule has 0 atom stereocenters. The average molecular weight is 187 g/mol. The van der Waals surface area contributed by atoms with Gasteiger partial charge in [-0.25, -0.2) is 0 Å². The molecule has 0 aromatic heterocycles. The lowest BCUT2D eigenvalue weighted by Crippen LogP contribution is -2.04. The van der Waals surface area contributed by atoms with Crippen LogP contribution in [0.3, 0.4) is 0 Å². The minimum Gasteiger partial charge on any atom is -0.313 e. The van der Waals surface area contributed by atoms with E-state index in [9.17, 15) is 0 Å². The molecule has 1 aliphatic rings. The maximum absolute atomic E-state index is 3.35. The first-order valence-electron chi connectivity index (χ1n) is 5.22. The molecule has 0 radical (unpaired) electrons. The van der Waals surface area contributed by atoms with E-state index in [1.165, 1.54) is 28.7 Å². The smallest absolute Gasteiger partial charge is 0.0168 e. The summed E-state index contributed by atoms with van der Waals surface area (Å²) in [4.78, 5) is 0. The normalized spacial score (nSPS) is 19.1. The fraction of sp³-hybridized carbons (Fsp3) is 0.385. The van der Waals surface area contributed by atoms with E-state index >= 15 is 0 Å². The predicted octanol–water partition coefficient (Wildman–Crippen LogP) is 2.68. The van der Waals surface area contributed by atoms with Gasteiger partial charge < -0.3 is 5.32 Å². The lowest BCUT2D eigenvalue weighted by Gasteiger charge is -2.01. The summed E-state index contributed by atoms with van der Waals surface area (Å²) in [5, 5.41) is 3.35. The first kappa shape index (κ1) is 9.47. The lowest BCUT2D eigenvalue weighted by atomic mass is 10.0. The van der Waals surface area contributed by atoms with Crippen molar-refractivity contribution in [2.75, 3.05) is 13.1 Å². The molecule has 1 fully saturated rings. The SMILES string of the molecule is Cc1cc(C)cc(C=C2CCNC2)c1. The van der Waals surface area contributed by atoms with E-state index in [1.54, 1.807) is 0 Å². The van der Waals surface area contributed by atoms with Crippen molar-refractivity contribution >= 4 is 6.08 Å². The fourth-order valence-electron chi connectivity index (χ4n) is 2.04. The zero-order chi connectivity index (χ0) is 9.97. The molecule has 0 saturated carbocycles. The van der Waals surface area contributed by atoms with Crippen LogP contribution in [0.25, 0.3) is 6.08 Å². The van der Waals surface area contributed by atoms with Crippen molar-refractivity contribution in [2.45, 2.75) is 20.3 Å². The van der Waals surface area contributed by atoms with Gasteiger partial charge in [0, 0.05) is 6.54 Å². The number of rotatable bonds is 1. The molecule has 1 saturated heterocycles. The largest absolute Gasteiger partial charge is 0.313 e. The van der Waals surface area contributed by atoms with Crippen LogP contribution in [0.1, 0.15) is 23.1 Å². The van der Waals surface area contributed by atoms with Crippen molar-refractivity contribution < 1.29 is 0 Å². The van der Waals surface area contributed by atoms with Crippen LogP contribution in [0.2, 0.25) is 0 Å². The van der Waals surface area contributed by atoms with E-state index in [0.717, 1.165) is 13.1 Å². The summed E-state index contributed by atoms with van der Waals surface area (Å²) in [7, 11) is 0. The van der Waals surface area contributed by atoms with Crippen molar-refractivity contribution in [3.8, 4) is 0 Å².